The number of rotatable bonds is 3. The van der Waals surface area contributed by atoms with E-state index in [1.807, 2.05) is 13.8 Å². The number of ether oxygens (including phenoxy) is 1. The zero-order valence-corrected chi connectivity index (χ0v) is 19.1. The molecule has 3 nitrogen and oxygen atoms in total. The molecule has 3 heteroatoms. The molecule has 28 heavy (non-hydrogen) atoms. The SMILES string of the molecule is CC(C)C[C@@H]1C[C@@]2(CC[C@]3(C(C)C)C[C@H]23)OC2=C1C(=O)C(C)(C)C(=O)C2(C)C. The molecule has 0 saturated heterocycles. The van der Waals surface area contributed by atoms with Gasteiger partial charge < -0.3 is 4.74 Å². The van der Waals surface area contributed by atoms with E-state index in [1.165, 1.54) is 12.8 Å². The summed E-state index contributed by atoms with van der Waals surface area (Å²) in [5, 5.41) is 0. The molecule has 0 bridgehead atoms. The minimum absolute atomic E-state index is 0.00742. The van der Waals surface area contributed by atoms with Crippen molar-refractivity contribution in [2.24, 2.45) is 39.9 Å². The number of hydrogen-bond acceptors (Lipinski definition) is 3. The van der Waals surface area contributed by atoms with Gasteiger partial charge in [-0.2, -0.15) is 0 Å². The van der Waals surface area contributed by atoms with Gasteiger partial charge in [-0.1, -0.05) is 27.7 Å². The standard InChI is InChI=1S/C25H38O3/c1-14(2)11-16-12-25(10-9-24(15(3)4)13-17(24)25)28-20-18(16)19(26)22(5,6)21(27)23(20,7)8/h14-17H,9-13H2,1-8H3/t16-,17+,24-,25-/m1/s1. The molecule has 0 unspecified atom stereocenters. The Morgan fingerprint density at radius 1 is 0.964 bits per heavy atom. The minimum Gasteiger partial charge on any atom is -0.490 e. The summed E-state index contributed by atoms with van der Waals surface area (Å²) < 4.78 is 6.87. The van der Waals surface area contributed by atoms with E-state index in [9.17, 15) is 9.59 Å². The summed E-state index contributed by atoms with van der Waals surface area (Å²) in [7, 11) is 0. The van der Waals surface area contributed by atoms with Gasteiger partial charge in [0.15, 0.2) is 11.6 Å². The molecular formula is C25H38O3. The highest BCUT2D eigenvalue weighted by atomic mass is 16.5. The zero-order valence-electron chi connectivity index (χ0n) is 19.1. The van der Waals surface area contributed by atoms with E-state index in [1.54, 1.807) is 13.8 Å². The van der Waals surface area contributed by atoms with E-state index in [2.05, 4.69) is 27.7 Å². The summed E-state index contributed by atoms with van der Waals surface area (Å²) in [5.74, 6) is 2.72. The first-order chi connectivity index (χ1) is 12.8. The normalized spacial score (nSPS) is 40.8. The Morgan fingerprint density at radius 3 is 2.11 bits per heavy atom. The van der Waals surface area contributed by atoms with Crippen molar-refractivity contribution in [2.75, 3.05) is 0 Å². The summed E-state index contributed by atoms with van der Waals surface area (Å²) >= 11 is 0. The van der Waals surface area contributed by atoms with Crippen LogP contribution in [-0.4, -0.2) is 17.2 Å². The number of carbonyl (C=O) groups excluding carboxylic acids is 2. The van der Waals surface area contributed by atoms with Crippen molar-refractivity contribution >= 4 is 11.6 Å². The molecule has 4 atom stereocenters. The van der Waals surface area contributed by atoms with Crippen molar-refractivity contribution in [2.45, 2.75) is 93.1 Å². The van der Waals surface area contributed by atoms with Crippen LogP contribution in [0.25, 0.3) is 0 Å². The van der Waals surface area contributed by atoms with Gasteiger partial charge in [-0.05, 0) is 83.0 Å². The molecule has 0 aromatic heterocycles. The summed E-state index contributed by atoms with van der Waals surface area (Å²) in [5.41, 5.74) is -0.582. The van der Waals surface area contributed by atoms with E-state index in [0.717, 1.165) is 30.6 Å². The first-order valence-electron chi connectivity index (χ1n) is 11.3. The molecule has 1 spiro atoms. The Kier molecular flexibility index (Phi) is 4.13. The molecule has 2 saturated carbocycles. The van der Waals surface area contributed by atoms with Gasteiger partial charge in [0.05, 0.1) is 10.8 Å². The highest BCUT2D eigenvalue weighted by Crippen LogP contribution is 2.75. The average molecular weight is 387 g/mol. The Bertz CT molecular complexity index is 769. The lowest BCUT2D eigenvalue weighted by Crippen LogP contribution is -2.55. The summed E-state index contributed by atoms with van der Waals surface area (Å²) in [6.07, 6.45) is 5.49. The van der Waals surface area contributed by atoms with Gasteiger partial charge >= 0.3 is 0 Å². The maximum atomic E-state index is 13.5. The number of hydrogen-bond donors (Lipinski definition) is 0. The van der Waals surface area contributed by atoms with Crippen LogP contribution in [-0.2, 0) is 14.3 Å². The second-order valence-electron chi connectivity index (χ2n) is 12.0. The lowest BCUT2D eigenvalue weighted by atomic mass is 9.59. The third-order valence-electron chi connectivity index (χ3n) is 8.74. The second-order valence-corrected chi connectivity index (χ2v) is 12.0. The van der Waals surface area contributed by atoms with Crippen molar-refractivity contribution in [3.05, 3.63) is 11.3 Å². The third-order valence-corrected chi connectivity index (χ3v) is 8.74. The first-order valence-corrected chi connectivity index (χ1v) is 11.3. The van der Waals surface area contributed by atoms with Crippen molar-refractivity contribution < 1.29 is 14.3 Å². The molecule has 4 rings (SSSR count). The fraction of sp³-hybridized carbons (Fsp3) is 0.840. The second kappa shape index (κ2) is 5.73. The predicted octanol–water partition coefficient (Wildman–Crippen LogP) is 5.72. The van der Waals surface area contributed by atoms with E-state index < -0.39 is 10.8 Å². The lowest BCUT2D eigenvalue weighted by Gasteiger charge is -2.50. The van der Waals surface area contributed by atoms with Crippen molar-refractivity contribution in [3.8, 4) is 0 Å². The van der Waals surface area contributed by atoms with Gasteiger partial charge in [0, 0.05) is 11.5 Å². The van der Waals surface area contributed by atoms with Crippen LogP contribution in [0.15, 0.2) is 11.3 Å². The summed E-state index contributed by atoms with van der Waals surface area (Å²) in [4.78, 5) is 26.8. The zero-order chi connectivity index (χ0) is 20.9. The molecule has 0 amide bonds. The average Bonchev–Trinajstić information content (AvgIpc) is 3.27. The summed E-state index contributed by atoms with van der Waals surface area (Å²) in [6, 6.07) is 0. The molecule has 1 aliphatic heterocycles. The van der Waals surface area contributed by atoms with E-state index in [-0.39, 0.29) is 23.1 Å². The van der Waals surface area contributed by atoms with Crippen LogP contribution in [0.4, 0.5) is 0 Å². The molecule has 156 valence electrons. The molecule has 0 radical (unpaired) electrons. The number of allylic oxidation sites excluding steroid dienone is 2. The minimum atomic E-state index is -0.956. The number of ketones is 2. The highest BCUT2D eigenvalue weighted by molar-refractivity contribution is 6.19. The largest absolute Gasteiger partial charge is 0.490 e. The Hall–Kier alpha value is -1.12. The third kappa shape index (κ3) is 2.40. The van der Waals surface area contributed by atoms with E-state index in [0.29, 0.717) is 23.2 Å². The van der Waals surface area contributed by atoms with Crippen LogP contribution in [0.1, 0.15) is 87.5 Å². The van der Waals surface area contributed by atoms with Gasteiger partial charge in [0.1, 0.15) is 11.4 Å². The molecule has 0 aromatic rings. The van der Waals surface area contributed by atoms with Crippen LogP contribution in [0.2, 0.25) is 0 Å². The molecular weight excluding hydrogens is 348 g/mol. The summed E-state index contributed by atoms with van der Waals surface area (Å²) in [6.45, 7) is 16.7. The Morgan fingerprint density at radius 2 is 1.61 bits per heavy atom. The van der Waals surface area contributed by atoms with Crippen LogP contribution in [0.5, 0.6) is 0 Å². The van der Waals surface area contributed by atoms with Gasteiger partial charge in [-0.3, -0.25) is 9.59 Å². The maximum Gasteiger partial charge on any atom is 0.175 e. The van der Waals surface area contributed by atoms with Crippen molar-refractivity contribution in [1.29, 1.82) is 0 Å². The van der Waals surface area contributed by atoms with Gasteiger partial charge in [-0.25, -0.2) is 0 Å². The van der Waals surface area contributed by atoms with Crippen LogP contribution >= 0.6 is 0 Å². The van der Waals surface area contributed by atoms with Crippen molar-refractivity contribution in [3.63, 3.8) is 0 Å². The maximum absolute atomic E-state index is 13.5. The highest BCUT2D eigenvalue weighted by Gasteiger charge is 2.73. The fourth-order valence-corrected chi connectivity index (χ4v) is 7.07. The first kappa shape index (κ1) is 20.2. The number of Topliss-reactive ketones (excluding diaryl/α,β-unsaturated/α-hetero) is 2. The monoisotopic (exact) mass is 386 g/mol. The van der Waals surface area contributed by atoms with Crippen molar-refractivity contribution in [1.82, 2.24) is 0 Å². The molecule has 3 aliphatic carbocycles. The van der Waals surface area contributed by atoms with E-state index >= 15 is 0 Å². The van der Waals surface area contributed by atoms with Crippen LogP contribution < -0.4 is 0 Å². The van der Waals surface area contributed by atoms with Crippen LogP contribution in [0.3, 0.4) is 0 Å². The predicted molar refractivity (Wildman–Crippen MR) is 111 cm³/mol. The molecule has 0 aromatic carbocycles. The molecule has 0 N–H and O–H groups in total. The van der Waals surface area contributed by atoms with Gasteiger partial charge in [0.25, 0.3) is 0 Å². The number of carbonyl (C=O) groups is 2. The molecule has 4 aliphatic rings. The quantitative estimate of drug-likeness (QED) is 0.582. The Labute approximate surface area is 170 Å². The fourth-order valence-electron chi connectivity index (χ4n) is 7.07. The lowest BCUT2D eigenvalue weighted by molar-refractivity contribution is -0.152. The molecule has 2 fully saturated rings. The molecule has 1 heterocycles. The number of fused-ring (bicyclic) bond motifs is 2. The van der Waals surface area contributed by atoms with Crippen LogP contribution in [0, 0.1) is 39.9 Å². The van der Waals surface area contributed by atoms with Gasteiger partial charge in [0.2, 0.25) is 0 Å². The topological polar surface area (TPSA) is 43.4 Å². The smallest absolute Gasteiger partial charge is 0.175 e. The Balaban J connectivity index is 1.83. The van der Waals surface area contributed by atoms with E-state index in [4.69, 9.17) is 4.74 Å². The van der Waals surface area contributed by atoms with Gasteiger partial charge in [-0.15, -0.1) is 0 Å².